The van der Waals surface area contributed by atoms with Crippen molar-refractivity contribution in [3.8, 4) is 11.8 Å². The van der Waals surface area contributed by atoms with Crippen molar-refractivity contribution in [1.82, 2.24) is 5.32 Å². The maximum absolute atomic E-state index is 8.61. The average Bonchev–Trinajstić information content (AvgIpc) is 2.44. The van der Waals surface area contributed by atoms with Gasteiger partial charge in [0, 0.05) is 12.1 Å². The van der Waals surface area contributed by atoms with Gasteiger partial charge in [0.05, 0.1) is 0 Å². The minimum Gasteiger partial charge on any atom is -0.478 e. The molecule has 1 aromatic rings. The van der Waals surface area contributed by atoms with Crippen molar-refractivity contribution in [2.24, 2.45) is 5.92 Å². The molecule has 0 aliphatic carbocycles. The first-order valence-corrected chi connectivity index (χ1v) is 7.16. The van der Waals surface area contributed by atoms with E-state index in [0.717, 1.165) is 30.8 Å². The van der Waals surface area contributed by atoms with Crippen LogP contribution in [0.4, 0.5) is 0 Å². The third-order valence-electron chi connectivity index (χ3n) is 2.93. The van der Waals surface area contributed by atoms with Crippen LogP contribution in [0.2, 0.25) is 0 Å². The summed E-state index contributed by atoms with van der Waals surface area (Å²) in [5.41, 5.74) is 2.37. The second kappa shape index (κ2) is 9.17. The summed E-state index contributed by atoms with van der Waals surface area (Å²) in [4.78, 5) is 0. The highest BCUT2D eigenvalue weighted by atomic mass is 16.5. The molecular formula is C17H24N2O. The number of hydrogen-bond acceptors (Lipinski definition) is 3. The number of nitrogens with one attached hydrogen (secondary N) is 1. The highest BCUT2D eigenvalue weighted by Gasteiger charge is 2.02. The van der Waals surface area contributed by atoms with E-state index in [1.165, 1.54) is 5.57 Å². The Morgan fingerprint density at radius 3 is 2.80 bits per heavy atom. The van der Waals surface area contributed by atoms with Crippen LogP contribution in [0.3, 0.4) is 0 Å². The number of ether oxygens (including phenoxy) is 1. The van der Waals surface area contributed by atoms with Crippen molar-refractivity contribution >= 4 is 6.08 Å². The maximum atomic E-state index is 8.61. The third-order valence-corrected chi connectivity index (χ3v) is 2.93. The zero-order valence-electron chi connectivity index (χ0n) is 12.6. The molecule has 0 aliphatic heterocycles. The molecular weight excluding hydrogens is 248 g/mol. The minimum atomic E-state index is 0.0813. The number of nitriles is 1. The molecule has 0 amide bonds. The normalized spacial score (nSPS) is 11.4. The molecule has 0 heterocycles. The van der Waals surface area contributed by atoms with Crippen molar-refractivity contribution in [3.05, 3.63) is 35.4 Å². The molecule has 1 rings (SSSR count). The van der Waals surface area contributed by atoms with Gasteiger partial charge in [-0.05, 0) is 24.9 Å². The topological polar surface area (TPSA) is 45.0 Å². The first-order chi connectivity index (χ1) is 9.67. The highest BCUT2D eigenvalue weighted by molar-refractivity contribution is 5.60. The van der Waals surface area contributed by atoms with Gasteiger partial charge in [-0.1, -0.05) is 50.6 Å². The Morgan fingerprint density at radius 1 is 1.40 bits per heavy atom. The standard InChI is InChI=1S/C17H24N2O/c1-4-15(13-19-12-14(2)3)11-16-7-5-6-8-17(16)20-10-9-18/h5-8,11,14,19H,4,10,12-13H2,1-3H3. The fraction of sp³-hybridized carbons (Fsp3) is 0.471. The van der Waals surface area contributed by atoms with Crippen LogP contribution in [0.5, 0.6) is 5.75 Å². The lowest BCUT2D eigenvalue weighted by atomic mass is 10.1. The van der Waals surface area contributed by atoms with E-state index in [9.17, 15) is 0 Å². The van der Waals surface area contributed by atoms with Crippen LogP contribution in [0.25, 0.3) is 6.08 Å². The van der Waals surface area contributed by atoms with E-state index in [1.54, 1.807) is 0 Å². The molecule has 0 bridgehead atoms. The van der Waals surface area contributed by atoms with Crippen molar-refractivity contribution in [2.45, 2.75) is 27.2 Å². The van der Waals surface area contributed by atoms with Gasteiger partial charge < -0.3 is 10.1 Å². The number of benzene rings is 1. The van der Waals surface area contributed by atoms with E-state index in [2.05, 4.69) is 32.2 Å². The summed E-state index contributed by atoms with van der Waals surface area (Å²) in [6.45, 7) is 8.55. The van der Waals surface area contributed by atoms with Crippen LogP contribution in [0.15, 0.2) is 29.8 Å². The highest BCUT2D eigenvalue weighted by Crippen LogP contribution is 2.21. The molecule has 0 fully saturated rings. The SMILES string of the molecule is CCC(=Cc1ccccc1OCC#N)CNCC(C)C. The minimum absolute atomic E-state index is 0.0813. The van der Waals surface area contributed by atoms with Gasteiger partial charge in [0.15, 0.2) is 6.61 Å². The Morgan fingerprint density at radius 2 is 2.15 bits per heavy atom. The van der Waals surface area contributed by atoms with E-state index in [-0.39, 0.29) is 6.61 Å². The van der Waals surface area contributed by atoms with Crippen molar-refractivity contribution in [1.29, 1.82) is 5.26 Å². The number of nitrogens with zero attached hydrogens (tertiary/aromatic N) is 1. The fourth-order valence-corrected chi connectivity index (χ4v) is 1.86. The second-order valence-corrected chi connectivity index (χ2v) is 5.17. The van der Waals surface area contributed by atoms with Gasteiger partial charge in [-0.15, -0.1) is 0 Å². The number of para-hydroxylation sites is 1. The summed E-state index contributed by atoms with van der Waals surface area (Å²) in [5, 5.41) is 12.1. The summed E-state index contributed by atoms with van der Waals surface area (Å²) in [7, 11) is 0. The predicted molar refractivity (Wildman–Crippen MR) is 83.5 cm³/mol. The Bertz CT molecular complexity index is 472. The molecule has 0 aromatic heterocycles. The van der Waals surface area contributed by atoms with Crippen LogP contribution >= 0.6 is 0 Å². The molecule has 0 aliphatic rings. The van der Waals surface area contributed by atoms with E-state index in [0.29, 0.717) is 5.92 Å². The van der Waals surface area contributed by atoms with Gasteiger partial charge >= 0.3 is 0 Å². The molecule has 3 nitrogen and oxygen atoms in total. The van der Waals surface area contributed by atoms with Gasteiger partial charge in [0.2, 0.25) is 0 Å². The molecule has 1 N–H and O–H groups in total. The second-order valence-electron chi connectivity index (χ2n) is 5.17. The van der Waals surface area contributed by atoms with Gasteiger partial charge in [-0.3, -0.25) is 0 Å². The molecule has 0 saturated heterocycles. The van der Waals surface area contributed by atoms with Crippen molar-refractivity contribution in [3.63, 3.8) is 0 Å². The van der Waals surface area contributed by atoms with Crippen molar-refractivity contribution in [2.75, 3.05) is 19.7 Å². The molecule has 0 radical (unpaired) electrons. The Balaban J connectivity index is 2.76. The zero-order chi connectivity index (χ0) is 14.8. The monoisotopic (exact) mass is 272 g/mol. The first kappa shape index (κ1) is 16.3. The Labute approximate surface area is 122 Å². The van der Waals surface area contributed by atoms with E-state index in [1.807, 2.05) is 30.3 Å². The molecule has 0 saturated carbocycles. The molecule has 108 valence electrons. The largest absolute Gasteiger partial charge is 0.478 e. The Kier molecular flexibility index (Phi) is 7.46. The summed E-state index contributed by atoms with van der Waals surface area (Å²) in [5.74, 6) is 1.42. The average molecular weight is 272 g/mol. The zero-order valence-corrected chi connectivity index (χ0v) is 12.6. The van der Waals surface area contributed by atoms with Crippen molar-refractivity contribution < 1.29 is 4.74 Å². The third kappa shape index (κ3) is 5.90. The number of rotatable bonds is 8. The fourth-order valence-electron chi connectivity index (χ4n) is 1.86. The van der Waals surface area contributed by atoms with E-state index in [4.69, 9.17) is 10.00 Å². The lowest BCUT2D eigenvalue weighted by Gasteiger charge is -2.11. The van der Waals surface area contributed by atoms with Crippen LogP contribution in [0, 0.1) is 17.2 Å². The smallest absolute Gasteiger partial charge is 0.174 e. The van der Waals surface area contributed by atoms with Crippen LogP contribution < -0.4 is 10.1 Å². The van der Waals surface area contributed by atoms with Gasteiger partial charge in [-0.25, -0.2) is 0 Å². The van der Waals surface area contributed by atoms with E-state index < -0.39 is 0 Å². The molecule has 3 heteroatoms. The summed E-state index contributed by atoms with van der Waals surface area (Å²) >= 11 is 0. The van der Waals surface area contributed by atoms with Crippen LogP contribution in [-0.4, -0.2) is 19.7 Å². The molecule has 0 unspecified atom stereocenters. The molecule has 0 spiro atoms. The summed E-state index contributed by atoms with van der Waals surface area (Å²) in [6, 6.07) is 9.83. The molecule has 0 atom stereocenters. The maximum Gasteiger partial charge on any atom is 0.174 e. The quantitative estimate of drug-likeness (QED) is 0.786. The lowest BCUT2D eigenvalue weighted by molar-refractivity contribution is 0.367. The van der Waals surface area contributed by atoms with E-state index >= 15 is 0 Å². The predicted octanol–water partition coefficient (Wildman–Crippen LogP) is 3.63. The molecule has 1 aromatic carbocycles. The Hall–Kier alpha value is -1.79. The van der Waals surface area contributed by atoms with Crippen LogP contribution in [-0.2, 0) is 0 Å². The lowest BCUT2D eigenvalue weighted by Crippen LogP contribution is -2.21. The summed E-state index contributed by atoms with van der Waals surface area (Å²) < 4.78 is 5.45. The van der Waals surface area contributed by atoms with Crippen LogP contribution in [0.1, 0.15) is 32.8 Å². The first-order valence-electron chi connectivity index (χ1n) is 7.16. The van der Waals surface area contributed by atoms with Gasteiger partial charge in [0.1, 0.15) is 11.8 Å². The molecule has 20 heavy (non-hydrogen) atoms. The summed E-state index contributed by atoms with van der Waals surface area (Å²) in [6.07, 6.45) is 3.15. The van der Waals surface area contributed by atoms with Gasteiger partial charge in [0.25, 0.3) is 0 Å². The van der Waals surface area contributed by atoms with Gasteiger partial charge in [-0.2, -0.15) is 5.26 Å². The number of hydrogen-bond donors (Lipinski definition) is 1.